The first-order valence-electron chi connectivity index (χ1n) is 9.85. The van der Waals surface area contributed by atoms with Crippen molar-refractivity contribution in [3.05, 3.63) is 63.8 Å². The molecule has 1 N–H and O–H groups in total. The first kappa shape index (κ1) is 19.7. The maximum absolute atomic E-state index is 13.2. The summed E-state index contributed by atoms with van der Waals surface area (Å²) in [6.07, 6.45) is 2.18. The summed E-state index contributed by atoms with van der Waals surface area (Å²) in [6, 6.07) is 14.1. The molecule has 150 valence electrons. The van der Waals surface area contributed by atoms with Gasteiger partial charge in [-0.3, -0.25) is 19.8 Å². The van der Waals surface area contributed by atoms with Crippen LogP contribution in [0.2, 0.25) is 5.02 Å². The van der Waals surface area contributed by atoms with E-state index in [0.717, 1.165) is 25.9 Å². The summed E-state index contributed by atoms with van der Waals surface area (Å²) in [6.45, 7) is 4.32. The smallest absolute Gasteiger partial charge is 0.240 e. The Hall–Kier alpha value is -2.63. The summed E-state index contributed by atoms with van der Waals surface area (Å²) >= 11 is 6.08. The second-order valence-electron chi connectivity index (χ2n) is 7.65. The van der Waals surface area contributed by atoms with Crippen LogP contribution in [0, 0.1) is 5.92 Å². The lowest BCUT2D eigenvalue weighted by atomic mass is 9.99. The number of hydrogen-bond acceptors (Lipinski definition) is 4. The molecule has 1 fully saturated rings. The van der Waals surface area contributed by atoms with Gasteiger partial charge < -0.3 is 4.42 Å². The lowest BCUT2D eigenvalue weighted by molar-refractivity contribution is -0.117. The molecule has 6 heteroatoms. The molecule has 1 amide bonds. The molecule has 1 aliphatic heterocycles. The molecule has 0 saturated carbocycles. The third kappa shape index (κ3) is 4.36. The van der Waals surface area contributed by atoms with E-state index in [4.69, 9.17) is 16.0 Å². The monoisotopic (exact) mass is 410 g/mol. The summed E-state index contributed by atoms with van der Waals surface area (Å²) in [7, 11) is 0. The summed E-state index contributed by atoms with van der Waals surface area (Å²) in [5.41, 5.74) is 1.19. The third-order valence-corrected chi connectivity index (χ3v) is 5.65. The molecule has 0 aliphatic carbocycles. The van der Waals surface area contributed by atoms with Gasteiger partial charge in [0.2, 0.25) is 17.2 Å². The fourth-order valence-corrected chi connectivity index (χ4v) is 3.88. The lowest BCUT2D eigenvalue weighted by Crippen LogP contribution is -2.38. The number of anilines is 1. The molecule has 5 nitrogen and oxygen atoms in total. The average molecular weight is 411 g/mol. The van der Waals surface area contributed by atoms with E-state index in [1.807, 2.05) is 30.3 Å². The van der Waals surface area contributed by atoms with Crippen molar-refractivity contribution in [2.75, 3.05) is 25.0 Å². The normalized spacial score (nSPS) is 15.5. The highest BCUT2D eigenvalue weighted by molar-refractivity contribution is 6.31. The maximum Gasteiger partial charge on any atom is 0.240 e. The minimum absolute atomic E-state index is 0.173. The number of piperidine rings is 1. The molecule has 2 heterocycles. The zero-order valence-corrected chi connectivity index (χ0v) is 17.0. The molecule has 0 bridgehead atoms. The topological polar surface area (TPSA) is 62.6 Å². The zero-order valence-electron chi connectivity index (χ0n) is 16.3. The van der Waals surface area contributed by atoms with Gasteiger partial charge in [-0.15, -0.1) is 0 Å². The van der Waals surface area contributed by atoms with Crippen LogP contribution < -0.4 is 10.7 Å². The van der Waals surface area contributed by atoms with E-state index >= 15 is 0 Å². The Kier molecular flexibility index (Phi) is 5.69. The molecule has 29 heavy (non-hydrogen) atoms. The van der Waals surface area contributed by atoms with Gasteiger partial charge in [-0.1, -0.05) is 48.9 Å². The summed E-state index contributed by atoms with van der Waals surface area (Å²) in [5, 5.41) is 3.68. The van der Waals surface area contributed by atoms with Crippen molar-refractivity contribution >= 4 is 34.4 Å². The number of carbonyl (C=O) groups is 1. The second kappa shape index (κ2) is 8.39. The number of amides is 1. The summed E-state index contributed by atoms with van der Waals surface area (Å²) in [4.78, 5) is 28.1. The molecule has 1 saturated heterocycles. The Labute approximate surface area is 174 Å². The van der Waals surface area contributed by atoms with E-state index in [9.17, 15) is 9.59 Å². The zero-order chi connectivity index (χ0) is 20.4. The van der Waals surface area contributed by atoms with Crippen LogP contribution >= 0.6 is 11.6 Å². The molecule has 1 aliphatic rings. The summed E-state index contributed by atoms with van der Waals surface area (Å²) in [5.74, 6) is 0.684. The lowest BCUT2D eigenvalue weighted by Gasteiger charge is -2.29. The van der Waals surface area contributed by atoms with Crippen molar-refractivity contribution in [2.24, 2.45) is 5.92 Å². The van der Waals surface area contributed by atoms with Crippen molar-refractivity contribution in [1.82, 2.24) is 4.90 Å². The number of rotatable bonds is 4. The Morgan fingerprint density at radius 1 is 1.17 bits per heavy atom. The van der Waals surface area contributed by atoms with Gasteiger partial charge in [-0.05, 0) is 55.6 Å². The van der Waals surface area contributed by atoms with Crippen LogP contribution in [0.1, 0.15) is 19.8 Å². The standard InChI is InChI=1S/C23H23ClN2O3/c1-15-9-11-26(12-10-15)14-20(27)25-23-21(16-5-3-2-4-6-16)22(28)18-13-17(24)7-8-19(18)29-23/h2-8,13,15H,9-12,14H2,1H3,(H,25,27). The number of hydrogen-bond donors (Lipinski definition) is 1. The largest absolute Gasteiger partial charge is 0.439 e. The Morgan fingerprint density at radius 3 is 2.62 bits per heavy atom. The third-order valence-electron chi connectivity index (χ3n) is 5.41. The minimum Gasteiger partial charge on any atom is -0.439 e. The van der Waals surface area contributed by atoms with Gasteiger partial charge in [0.15, 0.2) is 0 Å². The molecule has 4 rings (SSSR count). The predicted molar refractivity (Wildman–Crippen MR) is 116 cm³/mol. The molecular formula is C23H23ClN2O3. The Morgan fingerprint density at radius 2 is 1.90 bits per heavy atom. The van der Waals surface area contributed by atoms with Crippen molar-refractivity contribution in [3.63, 3.8) is 0 Å². The first-order valence-corrected chi connectivity index (χ1v) is 10.2. The minimum atomic E-state index is -0.220. The number of carbonyl (C=O) groups excluding carboxylic acids is 1. The van der Waals surface area contributed by atoms with Crippen LogP contribution in [-0.4, -0.2) is 30.4 Å². The predicted octanol–water partition coefficient (Wildman–Crippen LogP) is 4.78. The van der Waals surface area contributed by atoms with Crippen molar-refractivity contribution in [1.29, 1.82) is 0 Å². The fourth-order valence-electron chi connectivity index (χ4n) is 3.71. The van der Waals surface area contributed by atoms with E-state index < -0.39 is 0 Å². The Balaban J connectivity index is 1.70. The van der Waals surface area contributed by atoms with Crippen LogP contribution in [0.5, 0.6) is 0 Å². The molecule has 3 aromatic rings. The fraction of sp³-hybridized carbons (Fsp3) is 0.304. The maximum atomic E-state index is 13.2. The number of halogens is 1. The van der Waals surface area contributed by atoms with Crippen LogP contribution in [0.25, 0.3) is 22.1 Å². The second-order valence-corrected chi connectivity index (χ2v) is 8.09. The van der Waals surface area contributed by atoms with E-state index in [2.05, 4.69) is 17.1 Å². The van der Waals surface area contributed by atoms with Crippen molar-refractivity contribution in [2.45, 2.75) is 19.8 Å². The molecule has 0 spiro atoms. The highest BCUT2D eigenvalue weighted by atomic mass is 35.5. The van der Waals surface area contributed by atoms with Gasteiger partial charge in [-0.2, -0.15) is 0 Å². The molecule has 2 aromatic carbocycles. The van der Waals surface area contributed by atoms with Gasteiger partial charge in [0, 0.05) is 5.02 Å². The highest BCUT2D eigenvalue weighted by Crippen LogP contribution is 2.29. The van der Waals surface area contributed by atoms with Gasteiger partial charge in [0.25, 0.3) is 0 Å². The van der Waals surface area contributed by atoms with Crippen LogP contribution in [-0.2, 0) is 4.79 Å². The number of nitrogens with one attached hydrogen (secondary N) is 1. The van der Waals surface area contributed by atoms with Gasteiger partial charge >= 0.3 is 0 Å². The van der Waals surface area contributed by atoms with Crippen LogP contribution in [0.15, 0.2) is 57.7 Å². The summed E-state index contributed by atoms with van der Waals surface area (Å²) < 4.78 is 5.95. The van der Waals surface area contributed by atoms with Gasteiger partial charge in [0.1, 0.15) is 5.58 Å². The van der Waals surface area contributed by atoms with Crippen molar-refractivity contribution < 1.29 is 9.21 Å². The Bertz CT molecular complexity index is 1090. The van der Waals surface area contributed by atoms with Crippen LogP contribution in [0.3, 0.4) is 0 Å². The average Bonchev–Trinajstić information content (AvgIpc) is 2.71. The highest BCUT2D eigenvalue weighted by Gasteiger charge is 2.21. The molecular weight excluding hydrogens is 388 g/mol. The number of likely N-dealkylation sites (tertiary alicyclic amines) is 1. The first-order chi connectivity index (χ1) is 14.0. The van der Waals surface area contributed by atoms with E-state index in [1.165, 1.54) is 0 Å². The van der Waals surface area contributed by atoms with E-state index in [1.54, 1.807) is 18.2 Å². The quantitative estimate of drug-likeness (QED) is 0.672. The van der Waals surface area contributed by atoms with Gasteiger partial charge in [-0.25, -0.2) is 0 Å². The van der Waals surface area contributed by atoms with Crippen LogP contribution in [0.4, 0.5) is 5.88 Å². The van der Waals surface area contributed by atoms with E-state index in [-0.39, 0.29) is 23.8 Å². The van der Waals surface area contributed by atoms with Crippen molar-refractivity contribution in [3.8, 4) is 11.1 Å². The van der Waals surface area contributed by atoms with Gasteiger partial charge in [0.05, 0.1) is 17.5 Å². The molecule has 0 radical (unpaired) electrons. The molecule has 1 aromatic heterocycles. The van der Waals surface area contributed by atoms with E-state index in [0.29, 0.717) is 33.0 Å². The SMILES string of the molecule is CC1CCN(CC(=O)Nc2oc3ccc(Cl)cc3c(=O)c2-c2ccccc2)CC1. The number of benzene rings is 2. The number of nitrogens with zero attached hydrogens (tertiary/aromatic N) is 1. The molecule has 0 unspecified atom stereocenters. The number of fused-ring (bicyclic) bond motifs is 1. The molecule has 0 atom stereocenters.